The summed E-state index contributed by atoms with van der Waals surface area (Å²) >= 11 is 0. The Morgan fingerprint density at radius 2 is 1.27 bits per heavy atom. The van der Waals surface area contributed by atoms with Gasteiger partial charge in [-0.15, -0.1) is 13.2 Å². The van der Waals surface area contributed by atoms with E-state index in [1.165, 1.54) is 24.3 Å². The first-order valence-corrected chi connectivity index (χ1v) is 13.2. The molecule has 1 N–H and O–H groups in total. The van der Waals surface area contributed by atoms with E-state index in [1.807, 2.05) is 0 Å². The Bertz CT molecular complexity index is 1340. The van der Waals surface area contributed by atoms with Gasteiger partial charge in [-0.3, -0.25) is 0 Å². The second-order valence-electron chi connectivity index (χ2n) is 9.36. The van der Waals surface area contributed by atoms with Crippen LogP contribution in [0, 0.1) is 0 Å². The number of carboxylic acid groups (broad SMARTS) is 1. The number of benzene rings is 2. The Balaban J connectivity index is 2.14. The number of ether oxygens (including phenoxy) is 5. The highest BCUT2D eigenvalue weighted by molar-refractivity contribution is 5.72. The number of alkyl halides is 12. The maximum atomic E-state index is 13.8. The summed E-state index contributed by atoms with van der Waals surface area (Å²) in [5.41, 5.74) is 0.506. The highest BCUT2D eigenvalue weighted by Gasteiger charge is 2.82. The number of carboxylic acids is 1. The topological polar surface area (TPSA) is 104 Å². The number of hydrogen-bond acceptors (Lipinski definition) is 7. The number of halogens is 12. The van der Waals surface area contributed by atoms with Crippen LogP contribution in [0.3, 0.4) is 0 Å². The van der Waals surface area contributed by atoms with Crippen molar-refractivity contribution in [3.63, 3.8) is 0 Å². The van der Waals surface area contributed by atoms with Crippen molar-refractivity contribution in [2.75, 3.05) is 32.9 Å². The Labute approximate surface area is 262 Å². The molecule has 0 saturated carbocycles. The third kappa shape index (κ3) is 11.0. The van der Waals surface area contributed by atoms with Crippen molar-refractivity contribution in [3.05, 3.63) is 54.1 Å². The van der Waals surface area contributed by atoms with E-state index < -0.39 is 86.5 Å². The zero-order valence-electron chi connectivity index (χ0n) is 24.2. The van der Waals surface area contributed by atoms with E-state index in [0.29, 0.717) is 22.6 Å². The molecule has 0 aliphatic carbocycles. The number of amides is 1. The van der Waals surface area contributed by atoms with Gasteiger partial charge in [0, 0.05) is 19.6 Å². The Morgan fingerprint density at radius 1 is 0.750 bits per heavy atom. The molecule has 0 saturated heterocycles. The second-order valence-corrected chi connectivity index (χ2v) is 9.36. The predicted molar refractivity (Wildman–Crippen MR) is 136 cm³/mol. The van der Waals surface area contributed by atoms with E-state index in [-0.39, 0.29) is 18.8 Å². The Kier molecular flexibility index (Phi) is 13.2. The minimum atomic E-state index is -7.22. The summed E-state index contributed by atoms with van der Waals surface area (Å²) in [6, 6.07) is 8.67. The summed E-state index contributed by atoms with van der Waals surface area (Å²) in [4.78, 5) is 24.4. The lowest BCUT2D eigenvalue weighted by atomic mass is 10.1. The van der Waals surface area contributed by atoms with Crippen molar-refractivity contribution in [1.29, 1.82) is 0 Å². The van der Waals surface area contributed by atoms with E-state index in [9.17, 15) is 67.4 Å². The van der Waals surface area contributed by atoms with Gasteiger partial charge in [0.15, 0.2) is 6.10 Å². The standard InChI is InChI=1S/C27H25F12NO8/c1-2-44-20(21(41)42)15-16-3-5-17(6-4-16)45-13-11-40(22(43)47-18-7-9-19(10-8-18)48-27(37,38)39)12-14-46-26(35,36)24(30,31)23(28,29)25(32,33)34/h3-10,20H,2,11-15H2,1H3,(H,41,42). The van der Waals surface area contributed by atoms with Crippen LogP contribution in [0.25, 0.3) is 0 Å². The van der Waals surface area contributed by atoms with Crippen LogP contribution in [-0.4, -0.2) is 91.6 Å². The van der Waals surface area contributed by atoms with Crippen LogP contribution in [0.5, 0.6) is 17.2 Å². The smallest absolute Gasteiger partial charge is 0.492 e. The van der Waals surface area contributed by atoms with Crippen LogP contribution < -0.4 is 14.2 Å². The van der Waals surface area contributed by atoms with Gasteiger partial charge in [0.1, 0.15) is 23.9 Å². The van der Waals surface area contributed by atoms with Crippen molar-refractivity contribution >= 4 is 12.1 Å². The molecule has 0 bridgehead atoms. The molecule has 0 heterocycles. The summed E-state index contributed by atoms with van der Waals surface area (Å²) in [7, 11) is 0. The summed E-state index contributed by atoms with van der Waals surface area (Å²) in [5, 5.41) is 9.19. The fourth-order valence-corrected chi connectivity index (χ4v) is 3.53. The van der Waals surface area contributed by atoms with Crippen LogP contribution in [0.15, 0.2) is 48.5 Å². The van der Waals surface area contributed by atoms with Crippen molar-refractivity contribution in [2.24, 2.45) is 0 Å². The molecular weight excluding hydrogens is 694 g/mol. The lowest BCUT2D eigenvalue weighted by Crippen LogP contribution is -2.62. The summed E-state index contributed by atoms with van der Waals surface area (Å²) in [5.74, 6) is -16.6. The molecule has 0 aliphatic heterocycles. The maximum absolute atomic E-state index is 13.8. The SMILES string of the molecule is CCOC(Cc1ccc(OCCN(CCOC(F)(F)C(F)(F)C(F)(F)C(F)(F)F)C(=O)Oc2ccc(OC(F)(F)F)cc2)cc1)C(=O)O. The monoisotopic (exact) mass is 719 g/mol. The molecule has 2 aromatic rings. The Hall–Kier alpha value is -4.14. The van der Waals surface area contributed by atoms with E-state index >= 15 is 0 Å². The van der Waals surface area contributed by atoms with Crippen LogP contribution in [0.1, 0.15) is 12.5 Å². The molecule has 2 rings (SSSR count). The van der Waals surface area contributed by atoms with Crippen LogP contribution in [-0.2, 0) is 20.7 Å². The normalized spacial score (nSPS) is 13.5. The minimum absolute atomic E-state index is 0.0229. The summed E-state index contributed by atoms with van der Waals surface area (Å²) in [6.07, 6.45) is -21.2. The molecule has 0 aromatic heterocycles. The molecule has 1 atom stereocenters. The van der Waals surface area contributed by atoms with Gasteiger partial charge in [0.25, 0.3) is 0 Å². The van der Waals surface area contributed by atoms with Gasteiger partial charge in [-0.1, -0.05) is 12.1 Å². The van der Waals surface area contributed by atoms with Gasteiger partial charge in [-0.2, -0.15) is 39.5 Å². The van der Waals surface area contributed by atoms with E-state index in [2.05, 4.69) is 9.47 Å². The summed E-state index contributed by atoms with van der Waals surface area (Å²) in [6.45, 7) is -2.38. The van der Waals surface area contributed by atoms with Crippen LogP contribution >= 0.6 is 0 Å². The van der Waals surface area contributed by atoms with Crippen molar-refractivity contribution in [2.45, 2.75) is 49.9 Å². The molecule has 0 fully saturated rings. The van der Waals surface area contributed by atoms with E-state index in [1.54, 1.807) is 6.92 Å². The number of carbonyl (C=O) groups excluding carboxylic acids is 1. The molecule has 1 unspecified atom stereocenters. The maximum Gasteiger partial charge on any atom is 0.573 e. The first-order chi connectivity index (χ1) is 22.0. The number of aliphatic carboxylic acids is 1. The van der Waals surface area contributed by atoms with Gasteiger partial charge in [0.2, 0.25) is 0 Å². The largest absolute Gasteiger partial charge is 0.573 e. The highest BCUT2D eigenvalue weighted by atomic mass is 19.4. The molecule has 270 valence electrons. The molecular formula is C27H25F12NO8. The van der Waals surface area contributed by atoms with Gasteiger partial charge in [0.05, 0.1) is 13.2 Å². The van der Waals surface area contributed by atoms with Crippen molar-refractivity contribution in [1.82, 2.24) is 4.90 Å². The molecule has 9 nitrogen and oxygen atoms in total. The Morgan fingerprint density at radius 3 is 1.77 bits per heavy atom. The molecule has 21 heteroatoms. The summed E-state index contributed by atoms with van der Waals surface area (Å²) < 4.78 is 178. The first kappa shape index (κ1) is 40.0. The molecule has 0 spiro atoms. The molecule has 2 aromatic carbocycles. The average molecular weight is 719 g/mol. The van der Waals surface area contributed by atoms with Crippen LogP contribution in [0.2, 0.25) is 0 Å². The third-order valence-corrected chi connectivity index (χ3v) is 5.90. The number of carbonyl (C=O) groups is 2. The number of nitrogens with zero attached hydrogens (tertiary/aromatic N) is 1. The zero-order valence-corrected chi connectivity index (χ0v) is 24.2. The third-order valence-electron chi connectivity index (χ3n) is 5.90. The van der Waals surface area contributed by atoms with Gasteiger partial charge < -0.3 is 33.7 Å². The fraction of sp³-hybridized carbons (Fsp3) is 0.481. The fourth-order valence-electron chi connectivity index (χ4n) is 3.53. The highest BCUT2D eigenvalue weighted by Crippen LogP contribution is 2.53. The van der Waals surface area contributed by atoms with E-state index in [4.69, 9.17) is 14.2 Å². The molecule has 0 radical (unpaired) electrons. The lowest BCUT2D eigenvalue weighted by Gasteiger charge is -2.33. The zero-order chi connectivity index (χ0) is 36.6. The quantitative estimate of drug-likeness (QED) is 0.176. The van der Waals surface area contributed by atoms with Crippen LogP contribution in [0.4, 0.5) is 57.5 Å². The van der Waals surface area contributed by atoms with Gasteiger partial charge in [-0.25, -0.2) is 9.59 Å². The molecule has 0 aliphatic rings. The second kappa shape index (κ2) is 15.8. The lowest BCUT2D eigenvalue weighted by molar-refractivity contribution is -0.443. The number of rotatable bonds is 17. The number of hydrogen-bond donors (Lipinski definition) is 1. The molecule has 1 amide bonds. The van der Waals surface area contributed by atoms with Gasteiger partial charge in [-0.05, 0) is 48.9 Å². The molecule has 48 heavy (non-hydrogen) atoms. The minimum Gasteiger partial charge on any atom is -0.492 e. The first-order valence-electron chi connectivity index (χ1n) is 13.2. The van der Waals surface area contributed by atoms with Crippen molar-refractivity contribution in [3.8, 4) is 17.2 Å². The average Bonchev–Trinajstić information content (AvgIpc) is 2.96. The predicted octanol–water partition coefficient (Wildman–Crippen LogP) is 6.94. The van der Waals surface area contributed by atoms with Gasteiger partial charge >= 0.3 is 42.6 Å². The van der Waals surface area contributed by atoms with E-state index in [0.717, 1.165) is 12.1 Å². The van der Waals surface area contributed by atoms with Crippen molar-refractivity contribution < 1.29 is 91.1 Å².